The van der Waals surface area contributed by atoms with E-state index in [1.165, 1.54) is 0 Å². The first-order valence-corrected chi connectivity index (χ1v) is 9.19. The number of rotatable bonds is 6. The molecule has 0 spiro atoms. The summed E-state index contributed by atoms with van der Waals surface area (Å²) in [6.45, 7) is 3.35. The molecule has 4 nitrogen and oxygen atoms in total. The highest BCUT2D eigenvalue weighted by atomic mass is 32.2. The number of ether oxygens (including phenoxy) is 1. The fourth-order valence-electron chi connectivity index (χ4n) is 2.63. The van der Waals surface area contributed by atoms with Crippen LogP contribution in [0.15, 0.2) is 24.3 Å². The molecule has 2 rings (SSSR count). The van der Waals surface area contributed by atoms with Crippen molar-refractivity contribution >= 4 is 17.7 Å². The molecule has 22 heavy (non-hydrogen) atoms. The van der Waals surface area contributed by atoms with Crippen LogP contribution in [0.3, 0.4) is 0 Å². The van der Waals surface area contributed by atoms with Gasteiger partial charge in [-0.3, -0.25) is 4.79 Å². The van der Waals surface area contributed by atoms with E-state index in [4.69, 9.17) is 4.74 Å². The third-order valence-corrected chi connectivity index (χ3v) is 4.67. The number of nitrogens with zero attached hydrogens (tertiary/aromatic N) is 1. The van der Waals surface area contributed by atoms with E-state index in [2.05, 4.69) is 0 Å². The number of aliphatic hydroxyl groups is 1. The lowest BCUT2D eigenvalue weighted by molar-refractivity contribution is -0.142. The Morgan fingerprint density at radius 3 is 2.73 bits per heavy atom. The molecule has 1 N–H and O–H groups in total. The van der Waals surface area contributed by atoms with E-state index in [-0.39, 0.29) is 12.0 Å². The Hall–Kier alpha value is -1.20. The molecule has 1 fully saturated rings. The number of piperidine rings is 1. The minimum atomic E-state index is -0.860. The topological polar surface area (TPSA) is 49.8 Å². The number of carbonyl (C=O) groups excluding carboxylic acids is 1. The number of likely N-dealkylation sites (tertiary alicyclic amines) is 1. The molecule has 0 aromatic heterocycles. The van der Waals surface area contributed by atoms with Gasteiger partial charge in [0, 0.05) is 25.9 Å². The molecule has 1 amide bonds. The fraction of sp³-hybridized carbons (Fsp3) is 0.588. The third-order valence-electron chi connectivity index (χ3n) is 4.02. The predicted octanol–water partition coefficient (Wildman–Crippen LogP) is 2.48. The van der Waals surface area contributed by atoms with Crippen molar-refractivity contribution in [1.82, 2.24) is 4.90 Å². The molecule has 122 valence electrons. The van der Waals surface area contributed by atoms with Gasteiger partial charge in [0.1, 0.15) is 18.0 Å². The maximum atomic E-state index is 12.1. The molecule has 0 saturated carbocycles. The van der Waals surface area contributed by atoms with Crippen LogP contribution in [0.4, 0.5) is 0 Å². The van der Waals surface area contributed by atoms with Crippen LogP contribution >= 0.6 is 11.8 Å². The van der Waals surface area contributed by atoms with Crippen molar-refractivity contribution in [3.05, 3.63) is 29.8 Å². The van der Waals surface area contributed by atoms with Crippen LogP contribution in [-0.4, -0.2) is 53.2 Å². The first kappa shape index (κ1) is 17.2. The van der Waals surface area contributed by atoms with Gasteiger partial charge in [-0.1, -0.05) is 18.2 Å². The van der Waals surface area contributed by atoms with Crippen molar-refractivity contribution in [2.45, 2.75) is 38.4 Å². The van der Waals surface area contributed by atoms with E-state index in [1.807, 2.05) is 37.4 Å². The number of benzene rings is 1. The largest absolute Gasteiger partial charge is 0.490 e. The van der Waals surface area contributed by atoms with Gasteiger partial charge in [0.15, 0.2) is 0 Å². The number of aryl methyl sites for hydroxylation is 1. The summed E-state index contributed by atoms with van der Waals surface area (Å²) < 4.78 is 6.04. The van der Waals surface area contributed by atoms with Gasteiger partial charge in [0.2, 0.25) is 0 Å². The Morgan fingerprint density at radius 2 is 2.09 bits per heavy atom. The SMILES string of the molecule is CSCC[C@H](O)C(=O)N1CCC(Oc2ccccc2C)CC1. The molecule has 0 bridgehead atoms. The Bertz CT molecular complexity index is 487. The van der Waals surface area contributed by atoms with Crippen LogP contribution in [0.1, 0.15) is 24.8 Å². The lowest BCUT2D eigenvalue weighted by Gasteiger charge is -2.33. The zero-order chi connectivity index (χ0) is 15.9. The molecule has 0 aliphatic carbocycles. The molecule has 1 heterocycles. The molecule has 5 heteroatoms. The molecule has 0 radical (unpaired) electrons. The summed E-state index contributed by atoms with van der Waals surface area (Å²) in [5, 5.41) is 9.90. The Morgan fingerprint density at radius 1 is 1.41 bits per heavy atom. The number of carbonyl (C=O) groups is 1. The smallest absolute Gasteiger partial charge is 0.251 e. The average Bonchev–Trinajstić information content (AvgIpc) is 2.55. The van der Waals surface area contributed by atoms with E-state index in [0.29, 0.717) is 19.5 Å². The van der Waals surface area contributed by atoms with Crippen molar-refractivity contribution in [2.75, 3.05) is 25.1 Å². The minimum absolute atomic E-state index is 0.136. The summed E-state index contributed by atoms with van der Waals surface area (Å²) in [4.78, 5) is 13.9. The van der Waals surface area contributed by atoms with Gasteiger partial charge in [-0.15, -0.1) is 0 Å². The Kier molecular flexibility index (Phi) is 6.58. The molecule has 1 atom stereocenters. The quantitative estimate of drug-likeness (QED) is 0.874. The molecule has 1 saturated heterocycles. The average molecular weight is 323 g/mol. The highest BCUT2D eigenvalue weighted by Crippen LogP contribution is 2.22. The maximum Gasteiger partial charge on any atom is 0.251 e. The van der Waals surface area contributed by atoms with Gasteiger partial charge in [0.05, 0.1) is 0 Å². The number of amides is 1. The van der Waals surface area contributed by atoms with Gasteiger partial charge < -0.3 is 14.7 Å². The van der Waals surface area contributed by atoms with E-state index < -0.39 is 6.10 Å². The van der Waals surface area contributed by atoms with Gasteiger partial charge >= 0.3 is 0 Å². The van der Waals surface area contributed by atoms with Crippen molar-refractivity contribution < 1.29 is 14.6 Å². The molecule has 1 aliphatic rings. The monoisotopic (exact) mass is 323 g/mol. The van der Waals surface area contributed by atoms with Crippen LogP contribution < -0.4 is 4.74 Å². The second-order valence-electron chi connectivity index (χ2n) is 5.71. The first-order valence-electron chi connectivity index (χ1n) is 7.80. The second-order valence-corrected chi connectivity index (χ2v) is 6.69. The lowest BCUT2D eigenvalue weighted by Crippen LogP contribution is -2.46. The highest BCUT2D eigenvalue weighted by molar-refractivity contribution is 7.98. The first-order chi connectivity index (χ1) is 10.6. The zero-order valence-electron chi connectivity index (χ0n) is 13.3. The molecular weight excluding hydrogens is 298 g/mol. The molecule has 1 aromatic rings. The van der Waals surface area contributed by atoms with Gasteiger partial charge in [0.25, 0.3) is 5.91 Å². The highest BCUT2D eigenvalue weighted by Gasteiger charge is 2.27. The zero-order valence-corrected chi connectivity index (χ0v) is 14.1. The van der Waals surface area contributed by atoms with Crippen LogP contribution in [0.5, 0.6) is 5.75 Å². The number of aliphatic hydroxyl groups excluding tert-OH is 1. The van der Waals surface area contributed by atoms with E-state index >= 15 is 0 Å². The molecular formula is C17H25NO3S. The lowest BCUT2D eigenvalue weighted by atomic mass is 10.1. The van der Waals surface area contributed by atoms with Crippen molar-refractivity contribution in [2.24, 2.45) is 0 Å². The number of para-hydroxylation sites is 1. The van der Waals surface area contributed by atoms with Crippen LogP contribution in [-0.2, 0) is 4.79 Å². The van der Waals surface area contributed by atoms with Gasteiger partial charge in [-0.25, -0.2) is 0 Å². The number of thioether (sulfide) groups is 1. The van der Waals surface area contributed by atoms with Gasteiger partial charge in [-0.05, 0) is 37.0 Å². The molecule has 0 unspecified atom stereocenters. The summed E-state index contributed by atoms with van der Waals surface area (Å²) in [5.74, 6) is 1.59. The van der Waals surface area contributed by atoms with E-state index in [9.17, 15) is 9.90 Å². The third kappa shape index (κ3) is 4.65. The summed E-state index contributed by atoms with van der Waals surface area (Å²) in [7, 11) is 0. The predicted molar refractivity (Wildman–Crippen MR) is 90.4 cm³/mol. The summed E-state index contributed by atoms with van der Waals surface area (Å²) >= 11 is 1.65. The second kappa shape index (κ2) is 8.44. The molecule has 1 aromatic carbocycles. The van der Waals surface area contributed by atoms with Crippen molar-refractivity contribution in [1.29, 1.82) is 0 Å². The maximum absolute atomic E-state index is 12.1. The van der Waals surface area contributed by atoms with E-state index in [1.54, 1.807) is 16.7 Å². The fourth-order valence-corrected chi connectivity index (χ4v) is 3.08. The van der Waals surface area contributed by atoms with E-state index in [0.717, 1.165) is 29.9 Å². The Labute approximate surface area is 136 Å². The number of hydrogen-bond donors (Lipinski definition) is 1. The van der Waals surface area contributed by atoms with Gasteiger partial charge in [-0.2, -0.15) is 11.8 Å². The van der Waals surface area contributed by atoms with Crippen LogP contribution in [0.25, 0.3) is 0 Å². The normalized spacial score (nSPS) is 17.3. The molecule has 1 aliphatic heterocycles. The van der Waals surface area contributed by atoms with Crippen LogP contribution in [0, 0.1) is 6.92 Å². The minimum Gasteiger partial charge on any atom is -0.490 e. The standard InChI is InChI=1S/C17H25NO3S/c1-13-5-3-4-6-16(13)21-14-7-10-18(11-8-14)17(20)15(19)9-12-22-2/h3-6,14-15,19H,7-12H2,1-2H3/t15-/m0/s1. The van der Waals surface area contributed by atoms with Crippen molar-refractivity contribution in [3.63, 3.8) is 0 Å². The van der Waals surface area contributed by atoms with Crippen molar-refractivity contribution in [3.8, 4) is 5.75 Å². The Balaban J connectivity index is 1.80. The van der Waals surface area contributed by atoms with Crippen LogP contribution in [0.2, 0.25) is 0 Å². The number of hydrogen-bond acceptors (Lipinski definition) is 4. The summed E-state index contributed by atoms with van der Waals surface area (Å²) in [5.41, 5.74) is 1.13. The summed E-state index contributed by atoms with van der Waals surface area (Å²) in [6.07, 6.45) is 3.42. The summed E-state index contributed by atoms with van der Waals surface area (Å²) in [6, 6.07) is 8.00.